The molecule has 21 heavy (non-hydrogen) atoms. The number of aromatic nitrogens is 2. The Hall–Kier alpha value is -2.63. The number of carboxylic acid groups (broad SMARTS) is 1. The van der Waals surface area contributed by atoms with Crippen molar-refractivity contribution in [2.24, 2.45) is 0 Å². The Kier molecular flexibility index (Phi) is 3.21. The predicted molar refractivity (Wildman–Crippen MR) is 76.4 cm³/mol. The van der Waals surface area contributed by atoms with Gasteiger partial charge >= 0.3 is 5.97 Å². The third kappa shape index (κ3) is 2.40. The minimum Gasteiger partial charge on any atom is -0.478 e. The van der Waals surface area contributed by atoms with Crippen molar-refractivity contribution in [3.8, 4) is 0 Å². The van der Waals surface area contributed by atoms with Crippen molar-refractivity contribution in [1.29, 1.82) is 0 Å². The van der Waals surface area contributed by atoms with E-state index in [4.69, 9.17) is 5.11 Å². The first-order valence-corrected chi connectivity index (χ1v) is 6.74. The van der Waals surface area contributed by atoms with E-state index in [1.54, 1.807) is 6.92 Å². The molecule has 0 fully saturated rings. The van der Waals surface area contributed by atoms with Gasteiger partial charge < -0.3 is 10.4 Å². The Bertz CT molecular complexity index is 721. The molecule has 1 unspecified atom stereocenters. The maximum Gasteiger partial charge on any atom is 0.339 e. The second-order valence-corrected chi connectivity index (χ2v) is 5.11. The van der Waals surface area contributed by atoms with Gasteiger partial charge in [-0.25, -0.2) is 4.79 Å². The van der Waals surface area contributed by atoms with Crippen LogP contribution in [0.4, 0.5) is 5.69 Å². The summed E-state index contributed by atoms with van der Waals surface area (Å²) in [6.07, 6.45) is 2.75. The van der Waals surface area contributed by atoms with E-state index in [9.17, 15) is 9.59 Å². The zero-order valence-corrected chi connectivity index (χ0v) is 11.5. The van der Waals surface area contributed by atoms with E-state index in [0.717, 1.165) is 17.7 Å². The molecule has 1 aromatic carbocycles. The Balaban J connectivity index is 1.92. The SMILES string of the molecule is Cc1nn(C2CCc3ccccc3NC2=O)cc1C(=O)O. The molecule has 2 N–H and O–H groups in total. The number of aryl methyl sites for hydroxylation is 2. The monoisotopic (exact) mass is 285 g/mol. The molecular formula is C15H15N3O3. The van der Waals surface area contributed by atoms with Gasteiger partial charge in [-0.3, -0.25) is 9.48 Å². The van der Waals surface area contributed by atoms with E-state index in [-0.39, 0.29) is 11.5 Å². The molecule has 0 saturated heterocycles. The van der Waals surface area contributed by atoms with Gasteiger partial charge in [-0.1, -0.05) is 18.2 Å². The fourth-order valence-corrected chi connectivity index (χ4v) is 2.60. The van der Waals surface area contributed by atoms with Gasteiger partial charge in [0, 0.05) is 11.9 Å². The van der Waals surface area contributed by atoms with E-state index in [2.05, 4.69) is 10.4 Å². The number of hydrogen-bond acceptors (Lipinski definition) is 3. The van der Waals surface area contributed by atoms with Gasteiger partial charge in [-0.05, 0) is 31.4 Å². The third-order valence-electron chi connectivity index (χ3n) is 3.73. The van der Waals surface area contributed by atoms with E-state index >= 15 is 0 Å². The summed E-state index contributed by atoms with van der Waals surface area (Å²) in [5.74, 6) is -1.20. The highest BCUT2D eigenvalue weighted by atomic mass is 16.4. The summed E-state index contributed by atoms with van der Waals surface area (Å²) in [7, 11) is 0. The summed E-state index contributed by atoms with van der Waals surface area (Å²) in [5, 5.41) is 16.2. The van der Waals surface area contributed by atoms with Crippen molar-refractivity contribution < 1.29 is 14.7 Å². The summed E-state index contributed by atoms with van der Waals surface area (Å²) in [5.41, 5.74) is 2.43. The van der Waals surface area contributed by atoms with E-state index < -0.39 is 12.0 Å². The van der Waals surface area contributed by atoms with Gasteiger partial charge in [0.1, 0.15) is 11.6 Å². The number of anilines is 1. The van der Waals surface area contributed by atoms with Gasteiger partial charge in [0.2, 0.25) is 5.91 Å². The van der Waals surface area contributed by atoms with Crippen molar-refractivity contribution in [2.75, 3.05) is 5.32 Å². The Morgan fingerprint density at radius 3 is 2.90 bits per heavy atom. The molecular weight excluding hydrogens is 270 g/mol. The number of rotatable bonds is 2. The number of amides is 1. The molecule has 3 rings (SSSR count). The van der Waals surface area contributed by atoms with Gasteiger partial charge in [0.25, 0.3) is 0 Å². The van der Waals surface area contributed by atoms with Crippen molar-refractivity contribution in [3.63, 3.8) is 0 Å². The van der Waals surface area contributed by atoms with Crippen LogP contribution >= 0.6 is 0 Å². The van der Waals surface area contributed by atoms with Gasteiger partial charge in [-0.2, -0.15) is 5.10 Å². The van der Waals surface area contributed by atoms with Crippen molar-refractivity contribution >= 4 is 17.6 Å². The van der Waals surface area contributed by atoms with E-state index in [1.807, 2.05) is 24.3 Å². The normalized spacial score (nSPS) is 17.8. The van der Waals surface area contributed by atoms with Crippen LogP contribution in [0, 0.1) is 6.92 Å². The standard InChI is InChI=1S/C15H15N3O3/c1-9-11(15(20)21)8-18(17-9)13-7-6-10-4-2-3-5-12(10)16-14(13)19/h2-5,8,13H,6-7H2,1H3,(H,16,19)(H,20,21). The second-order valence-electron chi connectivity index (χ2n) is 5.11. The minimum absolute atomic E-state index is 0.129. The number of nitrogens with zero attached hydrogens (tertiary/aromatic N) is 2. The first kappa shape index (κ1) is 13.4. The summed E-state index contributed by atoms with van der Waals surface area (Å²) in [6.45, 7) is 1.63. The highest BCUT2D eigenvalue weighted by molar-refractivity contribution is 5.95. The molecule has 2 heterocycles. The van der Waals surface area contributed by atoms with Crippen LogP contribution in [0.2, 0.25) is 0 Å². The lowest BCUT2D eigenvalue weighted by Crippen LogP contribution is -2.25. The highest BCUT2D eigenvalue weighted by Crippen LogP contribution is 2.27. The van der Waals surface area contributed by atoms with Crippen LogP contribution < -0.4 is 5.32 Å². The number of benzene rings is 1. The van der Waals surface area contributed by atoms with Crippen LogP contribution in [0.3, 0.4) is 0 Å². The third-order valence-corrected chi connectivity index (χ3v) is 3.73. The molecule has 1 amide bonds. The molecule has 1 atom stereocenters. The largest absolute Gasteiger partial charge is 0.478 e. The minimum atomic E-state index is -1.03. The lowest BCUT2D eigenvalue weighted by molar-refractivity contribution is -0.119. The molecule has 2 aromatic rings. The maximum atomic E-state index is 12.3. The lowest BCUT2D eigenvalue weighted by Gasteiger charge is -2.13. The first-order chi connectivity index (χ1) is 10.1. The lowest BCUT2D eigenvalue weighted by atomic mass is 10.1. The molecule has 0 aliphatic carbocycles. The van der Waals surface area contributed by atoms with Gasteiger partial charge in [0.05, 0.1) is 5.69 Å². The number of fused-ring (bicyclic) bond motifs is 1. The fraction of sp³-hybridized carbons (Fsp3) is 0.267. The molecule has 0 spiro atoms. The van der Waals surface area contributed by atoms with Crippen LogP contribution in [0.1, 0.15) is 34.1 Å². The van der Waals surface area contributed by atoms with Gasteiger partial charge in [-0.15, -0.1) is 0 Å². The van der Waals surface area contributed by atoms with Crippen molar-refractivity contribution in [1.82, 2.24) is 9.78 Å². The Morgan fingerprint density at radius 2 is 2.19 bits per heavy atom. The average Bonchev–Trinajstić information content (AvgIpc) is 2.74. The Labute approximate surface area is 121 Å². The quantitative estimate of drug-likeness (QED) is 0.884. The number of nitrogens with one attached hydrogen (secondary N) is 1. The summed E-state index contributed by atoms with van der Waals surface area (Å²) >= 11 is 0. The molecule has 6 nitrogen and oxygen atoms in total. The van der Waals surface area contributed by atoms with Crippen LogP contribution in [0.15, 0.2) is 30.5 Å². The number of carbonyl (C=O) groups is 2. The predicted octanol–water partition coefficient (Wildman–Crippen LogP) is 2.02. The molecule has 1 aromatic heterocycles. The molecule has 6 heteroatoms. The summed E-state index contributed by atoms with van der Waals surface area (Å²) < 4.78 is 1.46. The van der Waals surface area contributed by atoms with Crippen LogP contribution in [-0.2, 0) is 11.2 Å². The molecule has 1 aliphatic heterocycles. The maximum absolute atomic E-state index is 12.3. The first-order valence-electron chi connectivity index (χ1n) is 6.74. The van der Waals surface area contributed by atoms with E-state index in [1.165, 1.54) is 10.9 Å². The number of carbonyl (C=O) groups excluding carboxylic acids is 1. The van der Waals surface area contributed by atoms with Crippen LogP contribution in [-0.4, -0.2) is 26.8 Å². The smallest absolute Gasteiger partial charge is 0.339 e. The van der Waals surface area contributed by atoms with Crippen molar-refractivity contribution in [3.05, 3.63) is 47.3 Å². The summed E-state index contributed by atoms with van der Waals surface area (Å²) in [6, 6.07) is 7.16. The zero-order chi connectivity index (χ0) is 15.0. The van der Waals surface area contributed by atoms with Crippen molar-refractivity contribution in [2.45, 2.75) is 25.8 Å². The topological polar surface area (TPSA) is 84.2 Å². The average molecular weight is 285 g/mol. The van der Waals surface area contributed by atoms with E-state index in [0.29, 0.717) is 12.1 Å². The number of aromatic carboxylic acids is 1. The van der Waals surface area contributed by atoms with Gasteiger partial charge in [0.15, 0.2) is 0 Å². The molecule has 0 radical (unpaired) electrons. The molecule has 0 saturated carbocycles. The van der Waals surface area contributed by atoms with Crippen LogP contribution in [0.5, 0.6) is 0 Å². The molecule has 0 bridgehead atoms. The Morgan fingerprint density at radius 1 is 1.43 bits per heavy atom. The highest BCUT2D eigenvalue weighted by Gasteiger charge is 2.27. The second kappa shape index (κ2) is 5.05. The number of para-hydroxylation sites is 1. The molecule has 1 aliphatic rings. The zero-order valence-electron chi connectivity index (χ0n) is 11.5. The number of hydrogen-bond donors (Lipinski definition) is 2. The van der Waals surface area contributed by atoms with Crippen LogP contribution in [0.25, 0.3) is 0 Å². The summed E-state index contributed by atoms with van der Waals surface area (Å²) in [4.78, 5) is 23.4. The molecule has 108 valence electrons. The fourth-order valence-electron chi connectivity index (χ4n) is 2.60. The number of carboxylic acids is 1.